The maximum atomic E-state index is 5.82. The Kier molecular flexibility index (Phi) is 4.46. The van der Waals surface area contributed by atoms with E-state index in [1.54, 1.807) is 17.5 Å². The van der Waals surface area contributed by atoms with Crippen molar-refractivity contribution in [3.8, 4) is 0 Å². The monoisotopic (exact) mass is 275 g/mol. The lowest BCUT2D eigenvalue weighted by Crippen LogP contribution is -2.23. The molecule has 0 bridgehead atoms. The number of anilines is 1. The predicted octanol–water partition coefficient (Wildman–Crippen LogP) is 2.38. The molecule has 0 fully saturated rings. The lowest BCUT2D eigenvalue weighted by atomic mass is 10.2. The molecule has 100 valence electrons. The Morgan fingerprint density at radius 1 is 1.53 bits per heavy atom. The van der Waals surface area contributed by atoms with Gasteiger partial charge in [-0.15, -0.1) is 11.3 Å². The summed E-state index contributed by atoms with van der Waals surface area (Å²) in [6.45, 7) is 4.70. The molecule has 5 nitrogen and oxygen atoms in total. The predicted molar refractivity (Wildman–Crippen MR) is 79.6 cm³/mol. The van der Waals surface area contributed by atoms with Crippen LogP contribution in [0.15, 0.2) is 34.8 Å². The quantitative estimate of drug-likeness (QED) is 0.663. The van der Waals surface area contributed by atoms with E-state index in [1.807, 2.05) is 30.5 Å². The number of aromatic nitrogens is 2. The Balaban J connectivity index is 1.91. The van der Waals surface area contributed by atoms with Gasteiger partial charge in [0.05, 0.1) is 11.6 Å². The van der Waals surface area contributed by atoms with E-state index < -0.39 is 0 Å². The molecule has 0 amide bonds. The van der Waals surface area contributed by atoms with Crippen molar-refractivity contribution >= 4 is 23.1 Å². The summed E-state index contributed by atoms with van der Waals surface area (Å²) in [7, 11) is 0. The molecule has 0 saturated heterocycles. The molecule has 6 heteroatoms. The SMILES string of the molecule is Cc1csc(C(C)CN=C(N)Nc2ccccn2)n1. The van der Waals surface area contributed by atoms with Gasteiger partial charge in [-0.2, -0.15) is 0 Å². The van der Waals surface area contributed by atoms with Crippen molar-refractivity contribution in [1.82, 2.24) is 9.97 Å². The van der Waals surface area contributed by atoms with Crippen LogP contribution in [-0.4, -0.2) is 22.5 Å². The molecule has 2 aromatic heterocycles. The molecule has 3 N–H and O–H groups in total. The smallest absolute Gasteiger partial charge is 0.194 e. The number of nitrogens with two attached hydrogens (primary N) is 1. The number of hydrogen-bond acceptors (Lipinski definition) is 4. The first kappa shape index (κ1) is 13.5. The number of pyridine rings is 1. The average molecular weight is 275 g/mol. The van der Waals surface area contributed by atoms with Crippen LogP contribution in [0.25, 0.3) is 0 Å². The topological polar surface area (TPSA) is 76.2 Å². The fraction of sp³-hybridized carbons (Fsp3) is 0.308. The second-order valence-corrected chi connectivity index (χ2v) is 5.18. The Bertz CT molecular complexity index is 549. The van der Waals surface area contributed by atoms with Crippen LogP contribution in [-0.2, 0) is 0 Å². The highest BCUT2D eigenvalue weighted by Gasteiger charge is 2.08. The van der Waals surface area contributed by atoms with Crippen molar-refractivity contribution in [2.45, 2.75) is 19.8 Å². The highest BCUT2D eigenvalue weighted by atomic mass is 32.1. The highest BCUT2D eigenvalue weighted by molar-refractivity contribution is 7.09. The van der Waals surface area contributed by atoms with Gasteiger partial charge >= 0.3 is 0 Å². The van der Waals surface area contributed by atoms with Crippen LogP contribution in [0.4, 0.5) is 5.82 Å². The summed E-state index contributed by atoms with van der Waals surface area (Å²) in [5, 5.41) is 6.09. The lowest BCUT2D eigenvalue weighted by molar-refractivity contribution is 0.763. The van der Waals surface area contributed by atoms with Crippen molar-refractivity contribution in [3.63, 3.8) is 0 Å². The normalized spacial score (nSPS) is 13.3. The minimum Gasteiger partial charge on any atom is -0.370 e. The Hall–Kier alpha value is -1.95. The van der Waals surface area contributed by atoms with Gasteiger partial charge in [-0.25, -0.2) is 9.97 Å². The first-order chi connectivity index (χ1) is 9.15. The Labute approximate surface area is 116 Å². The van der Waals surface area contributed by atoms with Crippen LogP contribution in [0.1, 0.15) is 23.5 Å². The van der Waals surface area contributed by atoms with E-state index in [2.05, 4.69) is 27.2 Å². The minimum atomic E-state index is 0.266. The van der Waals surface area contributed by atoms with Crippen LogP contribution >= 0.6 is 11.3 Å². The third-order valence-electron chi connectivity index (χ3n) is 2.51. The first-order valence-electron chi connectivity index (χ1n) is 6.05. The molecular formula is C13H17N5S. The molecule has 2 aromatic rings. The molecule has 0 aliphatic heterocycles. The zero-order valence-electron chi connectivity index (χ0n) is 11.0. The molecule has 0 aliphatic carbocycles. The van der Waals surface area contributed by atoms with Crippen molar-refractivity contribution in [1.29, 1.82) is 0 Å². The largest absolute Gasteiger partial charge is 0.370 e. The zero-order chi connectivity index (χ0) is 13.7. The van der Waals surface area contributed by atoms with Crippen LogP contribution in [0.2, 0.25) is 0 Å². The van der Waals surface area contributed by atoms with Gasteiger partial charge in [0, 0.05) is 23.2 Å². The maximum Gasteiger partial charge on any atom is 0.194 e. The Morgan fingerprint density at radius 2 is 2.37 bits per heavy atom. The molecule has 0 spiro atoms. The standard InChI is InChI=1S/C13H17N5S/c1-9(12-17-10(2)8-19-12)7-16-13(14)18-11-5-3-4-6-15-11/h3-6,8-9H,7H2,1-2H3,(H3,14,15,16,18). The maximum absolute atomic E-state index is 5.82. The first-order valence-corrected chi connectivity index (χ1v) is 6.93. The molecule has 1 unspecified atom stereocenters. The van der Waals surface area contributed by atoms with Crippen LogP contribution in [0, 0.1) is 6.92 Å². The van der Waals surface area contributed by atoms with Gasteiger partial charge in [-0.05, 0) is 19.1 Å². The van der Waals surface area contributed by atoms with Gasteiger partial charge in [-0.1, -0.05) is 13.0 Å². The number of guanidine groups is 1. The van der Waals surface area contributed by atoms with Crippen molar-refractivity contribution in [3.05, 3.63) is 40.5 Å². The molecule has 0 radical (unpaired) electrons. The summed E-state index contributed by atoms with van der Waals surface area (Å²) in [4.78, 5) is 12.9. The van der Waals surface area contributed by atoms with Gasteiger partial charge in [-0.3, -0.25) is 4.99 Å². The average Bonchev–Trinajstić information content (AvgIpc) is 2.84. The number of hydrogen-bond donors (Lipinski definition) is 2. The van der Waals surface area contributed by atoms with Gasteiger partial charge in [0.15, 0.2) is 5.96 Å². The number of thiazole rings is 1. The third-order valence-corrected chi connectivity index (χ3v) is 3.71. The molecular weight excluding hydrogens is 258 g/mol. The van der Waals surface area contributed by atoms with Gasteiger partial charge < -0.3 is 11.1 Å². The summed E-state index contributed by atoms with van der Waals surface area (Å²) in [6.07, 6.45) is 1.70. The van der Waals surface area contributed by atoms with E-state index >= 15 is 0 Å². The lowest BCUT2D eigenvalue weighted by Gasteiger charge is -2.07. The van der Waals surface area contributed by atoms with E-state index in [4.69, 9.17) is 5.73 Å². The number of aryl methyl sites for hydroxylation is 1. The molecule has 1 atom stereocenters. The molecule has 19 heavy (non-hydrogen) atoms. The van der Waals surface area contributed by atoms with Crippen molar-refractivity contribution in [2.75, 3.05) is 11.9 Å². The number of aliphatic imine (C=N–C) groups is 1. The summed E-state index contributed by atoms with van der Waals surface area (Å²) >= 11 is 1.66. The van der Waals surface area contributed by atoms with Gasteiger partial charge in [0.1, 0.15) is 5.82 Å². The molecule has 2 heterocycles. The molecule has 2 rings (SSSR count). The van der Waals surface area contributed by atoms with Gasteiger partial charge in [0.25, 0.3) is 0 Å². The fourth-order valence-electron chi connectivity index (χ4n) is 1.52. The number of rotatable bonds is 4. The number of nitrogens with zero attached hydrogens (tertiary/aromatic N) is 3. The second kappa shape index (κ2) is 6.29. The molecule has 0 aliphatic rings. The van der Waals surface area contributed by atoms with E-state index in [-0.39, 0.29) is 5.92 Å². The minimum absolute atomic E-state index is 0.266. The second-order valence-electron chi connectivity index (χ2n) is 4.29. The van der Waals surface area contributed by atoms with E-state index in [0.29, 0.717) is 18.3 Å². The summed E-state index contributed by atoms with van der Waals surface area (Å²) in [5.41, 5.74) is 6.87. The summed E-state index contributed by atoms with van der Waals surface area (Å²) < 4.78 is 0. The van der Waals surface area contributed by atoms with Crippen molar-refractivity contribution in [2.24, 2.45) is 10.7 Å². The van der Waals surface area contributed by atoms with Crippen LogP contribution in [0.3, 0.4) is 0 Å². The van der Waals surface area contributed by atoms with E-state index in [0.717, 1.165) is 10.7 Å². The van der Waals surface area contributed by atoms with E-state index in [1.165, 1.54) is 0 Å². The number of nitrogens with one attached hydrogen (secondary N) is 1. The fourth-order valence-corrected chi connectivity index (χ4v) is 2.37. The molecule has 0 saturated carbocycles. The van der Waals surface area contributed by atoms with E-state index in [9.17, 15) is 0 Å². The third kappa shape index (κ3) is 4.03. The highest BCUT2D eigenvalue weighted by Crippen LogP contribution is 2.19. The Morgan fingerprint density at radius 3 is 3.00 bits per heavy atom. The summed E-state index contributed by atoms with van der Waals surface area (Å²) in [5.74, 6) is 1.34. The van der Waals surface area contributed by atoms with Gasteiger partial charge in [0.2, 0.25) is 0 Å². The van der Waals surface area contributed by atoms with Crippen molar-refractivity contribution < 1.29 is 0 Å². The zero-order valence-corrected chi connectivity index (χ0v) is 11.8. The van der Waals surface area contributed by atoms with Crippen LogP contribution in [0.5, 0.6) is 0 Å². The van der Waals surface area contributed by atoms with Crippen LogP contribution < -0.4 is 11.1 Å². The molecule has 0 aromatic carbocycles. The summed E-state index contributed by atoms with van der Waals surface area (Å²) in [6, 6.07) is 5.59.